The number of azide groups is 1. The fraction of sp³-hybridized carbons (Fsp3) is 1.00. The van der Waals surface area contributed by atoms with Crippen LogP contribution in [0.15, 0.2) is 5.11 Å². The minimum Gasteiger partial charge on any atom is -0.396 e. The van der Waals surface area contributed by atoms with Gasteiger partial charge in [0.2, 0.25) is 0 Å². The van der Waals surface area contributed by atoms with Crippen molar-refractivity contribution >= 4 is 0 Å². The highest BCUT2D eigenvalue weighted by atomic mass is 19.3. The number of unbranched alkanes of at least 4 members (excludes halogenated alkanes) is 11. The highest BCUT2D eigenvalue weighted by Crippen LogP contribution is 2.29. The summed E-state index contributed by atoms with van der Waals surface area (Å²) in [6.07, 6.45) is 10.5. The summed E-state index contributed by atoms with van der Waals surface area (Å²) in [6, 6.07) is -1.50. The van der Waals surface area contributed by atoms with Gasteiger partial charge in [0, 0.05) is 11.3 Å². The molecule has 0 aliphatic heterocycles. The first-order valence-corrected chi connectivity index (χ1v) is 9.70. The van der Waals surface area contributed by atoms with E-state index < -0.39 is 31.1 Å². The quantitative estimate of drug-likeness (QED) is 0.149. The molecule has 0 saturated heterocycles. The van der Waals surface area contributed by atoms with Crippen LogP contribution in [0.25, 0.3) is 10.4 Å². The number of aliphatic hydroxyl groups is 2. The summed E-state index contributed by atoms with van der Waals surface area (Å²) in [5.74, 6) is -3.35. The lowest BCUT2D eigenvalue weighted by Gasteiger charge is -2.26. The van der Waals surface area contributed by atoms with Crippen molar-refractivity contribution in [3.05, 3.63) is 10.4 Å². The monoisotopic (exact) mass is 363 g/mol. The average Bonchev–Trinajstić information content (AvgIpc) is 2.60. The number of halogens is 2. The molecule has 2 N–H and O–H groups in total. The predicted molar refractivity (Wildman–Crippen MR) is 96.7 cm³/mol. The third-order valence-electron chi connectivity index (χ3n) is 4.55. The first-order valence-electron chi connectivity index (χ1n) is 9.70. The van der Waals surface area contributed by atoms with E-state index in [0.717, 1.165) is 19.3 Å². The zero-order valence-corrected chi connectivity index (χ0v) is 15.5. The molecule has 0 radical (unpaired) electrons. The van der Waals surface area contributed by atoms with Crippen molar-refractivity contribution in [2.24, 2.45) is 5.11 Å². The second-order valence-electron chi connectivity index (χ2n) is 6.80. The standard InChI is InChI=1S/C18H35F2N3O2/c1-2-3-4-5-6-7-8-9-10-11-12-13-14-18(19,20)17(25)16(15-24)22-23-21/h16-17,24-25H,2-15H2,1H3/t16-,17-/m0/s1. The van der Waals surface area contributed by atoms with E-state index in [9.17, 15) is 13.9 Å². The second-order valence-corrected chi connectivity index (χ2v) is 6.80. The van der Waals surface area contributed by atoms with Crippen molar-refractivity contribution in [1.82, 2.24) is 0 Å². The molecule has 0 aromatic rings. The zero-order chi connectivity index (χ0) is 19.0. The van der Waals surface area contributed by atoms with Gasteiger partial charge in [0.05, 0.1) is 12.6 Å². The van der Waals surface area contributed by atoms with Crippen LogP contribution in [0, 0.1) is 0 Å². The van der Waals surface area contributed by atoms with Gasteiger partial charge in [-0.05, 0) is 12.0 Å². The Kier molecular flexibility index (Phi) is 14.8. The molecular formula is C18H35F2N3O2. The molecule has 0 aliphatic carbocycles. The molecular weight excluding hydrogens is 328 g/mol. The van der Waals surface area contributed by atoms with Gasteiger partial charge in [-0.1, -0.05) is 82.7 Å². The number of rotatable bonds is 17. The molecule has 0 aromatic heterocycles. The Morgan fingerprint density at radius 1 is 0.920 bits per heavy atom. The van der Waals surface area contributed by atoms with Gasteiger partial charge in [0.25, 0.3) is 5.92 Å². The van der Waals surface area contributed by atoms with Crippen LogP contribution in [0.1, 0.15) is 90.4 Å². The van der Waals surface area contributed by atoms with E-state index in [1.165, 1.54) is 44.9 Å². The molecule has 7 heteroatoms. The smallest absolute Gasteiger partial charge is 0.273 e. The topological polar surface area (TPSA) is 89.2 Å². The van der Waals surface area contributed by atoms with E-state index in [2.05, 4.69) is 16.9 Å². The van der Waals surface area contributed by atoms with E-state index in [4.69, 9.17) is 10.6 Å². The summed E-state index contributed by atoms with van der Waals surface area (Å²) in [5.41, 5.74) is 8.26. The molecule has 0 heterocycles. The summed E-state index contributed by atoms with van der Waals surface area (Å²) in [4.78, 5) is 2.38. The van der Waals surface area contributed by atoms with Crippen molar-refractivity contribution in [2.45, 2.75) is 108 Å². The molecule has 0 aliphatic rings. The molecule has 0 saturated carbocycles. The van der Waals surface area contributed by atoms with E-state index in [1.807, 2.05) is 0 Å². The summed E-state index contributed by atoms with van der Waals surface area (Å²) < 4.78 is 27.7. The molecule has 5 nitrogen and oxygen atoms in total. The van der Waals surface area contributed by atoms with Gasteiger partial charge in [-0.2, -0.15) is 0 Å². The molecule has 25 heavy (non-hydrogen) atoms. The van der Waals surface area contributed by atoms with Gasteiger partial charge in [-0.15, -0.1) is 0 Å². The number of nitrogens with zero attached hydrogens (tertiary/aromatic N) is 3. The molecule has 0 amide bonds. The van der Waals surface area contributed by atoms with Crippen molar-refractivity contribution in [2.75, 3.05) is 6.61 Å². The number of alkyl halides is 2. The van der Waals surface area contributed by atoms with Crippen LogP contribution in [-0.2, 0) is 0 Å². The van der Waals surface area contributed by atoms with E-state index in [1.54, 1.807) is 0 Å². The van der Waals surface area contributed by atoms with Crippen LogP contribution in [0.3, 0.4) is 0 Å². The van der Waals surface area contributed by atoms with Gasteiger partial charge in [-0.3, -0.25) is 0 Å². The molecule has 0 fully saturated rings. The van der Waals surface area contributed by atoms with Crippen molar-refractivity contribution in [3.8, 4) is 0 Å². The van der Waals surface area contributed by atoms with Crippen molar-refractivity contribution in [1.29, 1.82) is 0 Å². The van der Waals surface area contributed by atoms with Crippen LogP contribution in [0.2, 0.25) is 0 Å². The van der Waals surface area contributed by atoms with Crippen molar-refractivity contribution < 1.29 is 19.0 Å². The molecule has 0 bridgehead atoms. The van der Waals surface area contributed by atoms with E-state index in [0.29, 0.717) is 12.8 Å². The Morgan fingerprint density at radius 3 is 1.76 bits per heavy atom. The fourth-order valence-electron chi connectivity index (χ4n) is 2.90. The molecule has 0 rings (SSSR count). The normalized spacial score (nSPS) is 14.1. The lowest BCUT2D eigenvalue weighted by molar-refractivity contribution is -0.127. The first kappa shape index (κ1) is 24.1. The Hall–Kier alpha value is -0.910. The average molecular weight is 363 g/mol. The first-order chi connectivity index (χ1) is 12.0. The van der Waals surface area contributed by atoms with Crippen LogP contribution >= 0.6 is 0 Å². The third kappa shape index (κ3) is 12.1. The van der Waals surface area contributed by atoms with Crippen LogP contribution in [-0.4, -0.2) is 34.9 Å². The van der Waals surface area contributed by atoms with Crippen molar-refractivity contribution in [3.63, 3.8) is 0 Å². The van der Waals surface area contributed by atoms with Gasteiger partial charge < -0.3 is 10.2 Å². The Morgan fingerprint density at radius 2 is 1.36 bits per heavy atom. The van der Waals surface area contributed by atoms with E-state index in [-0.39, 0.29) is 0 Å². The minimum absolute atomic E-state index is 0.315. The van der Waals surface area contributed by atoms with Gasteiger partial charge in [0.1, 0.15) is 6.10 Å². The zero-order valence-electron chi connectivity index (χ0n) is 15.5. The molecule has 0 unspecified atom stereocenters. The Balaban J connectivity index is 3.67. The maximum Gasteiger partial charge on any atom is 0.273 e. The third-order valence-corrected chi connectivity index (χ3v) is 4.55. The molecule has 2 atom stereocenters. The lowest BCUT2D eigenvalue weighted by atomic mass is 9.99. The SMILES string of the molecule is CCCCCCCCCCCCCCC(F)(F)[C@@H](O)[C@H](CO)N=[N+]=[N-]. The van der Waals surface area contributed by atoms with Gasteiger partial charge >= 0.3 is 0 Å². The summed E-state index contributed by atoms with van der Waals surface area (Å²) in [5, 5.41) is 21.5. The fourth-order valence-corrected chi connectivity index (χ4v) is 2.90. The minimum atomic E-state index is -3.35. The Labute approximate surface area is 150 Å². The largest absolute Gasteiger partial charge is 0.396 e. The number of aliphatic hydroxyl groups excluding tert-OH is 2. The molecule has 148 valence electrons. The predicted octanol–water partition coefficient (Wildman–Crippen LogP) is 5.75. The molecule has 0 spiro atoms. The Bertz CT molecular complexity index is 364. The summed E-state index contributed by atoms with van der Waals surface area (Å²) in [6.45, 7) is 1.42. The van der Waals surface area contributed by atoms with Crippen LogP contribution in [0.5, 0.6) is 0 Å². The lowest BCUT2D eigenvalue weighted by Crippen LogP contribution is -2.43. The summed E-state index contributed by atoms with van der Waals surface area (Å²) in [7, 11) is 0. The highest BCUT2D eigenvalue weighted by Gasteiger charge is 2.41. The van der Waals surface area contributed by atoms with E-state index >= 15 is 0 Å². The van der Waals surface area contributed by atoms with Crippen LogP contribution < -0.4 is 0 Å². The highest BCUT2D eigenvalue weighted by molar-refractivity contribution is 4.87. The summed E-state index contributed by atoms with van der Waals surface area (Å²) >= 11 is 0. The maximum atomic E-state index is 13.8. The van der Waals surface area contributed by atoms with Gasteiger partial charge in [-0.25, -0.2) is 8.78 Å². The number of hydrogen-bond donors (Lipinski definition) is 2. The number of hydrogen-bond acceptors (Lipinski definition) is 3. The van der Waals surface area contributed by atoms with Gasteiger partial charge in [0.15, 0.2) is 0 Å². The van der Waals surface area contributed by atoms with Crippen LogP contribution in [0.4, 0.5) is 8.78 Å². The molecule has 0 aromatic carbocycles. The maximum absolute atomic E-state index is 13.8. The second kappa shape index (κ2) is 15.4.